The Bertz CT molecular complexity index is 1440. The van der Waals surface area contributed by atoms with Crippen molar-refractivity contribution in [3.8, 4) is 5.75 Å². The van der Waals surface area contributed by atoms with E-state index in [0.717, 1.165) is 28.3 Å². The van der Waals surface area contributed by atoms with Crippen LogP contribution in [0.4, 0.5) is 0 Å². The number of nitrogens with zero attached hydrogens (tertiary/aromatic N) is 6. The Hall–Kier alpha value is -3.10. The fourth-order valence-electron chi connectivity index (χ4n) is 4.61. The Kier molecular flexibility index (Phi) is 18.6. The van der Waals surface area contributed by atoms with E-state index in [0.29, 0.717) is 39.3 Å². The summed E-state index contributed by atoms with van der Waals surface area (Å²) in [6.07, 6.45) is 6.31. The number of hydrogen-bond donors (Lipinski definition) is 0. The molecule has 48 heavy (non-hydrogen) atoms. The molecular formula is C34H36N6O5PZn2+. The van der Waals surface area contributed by atoms with Gasteiger partial charge >= 0.3 is 39.0 Å². The molecular weight excluding hydrogens is 734 g/mol. The zero-order valence-corrected chi connectivity index (χ0v) is 33.8. The molecule has 4 heterocycles. The molecule has 0 bridgehead atoms. The second kappa shape index (κ2) is 21.8. The van der Waals surface area contributed by atoms with Gasteiger partial charge in [-0.15, -0.1) is 6.10 Å². The van der Waals surface area contributed by atoms with Gasteiger partial charge in [0.1, 0.15) is 13.6 Å². The number of rotatable bonds is 14. The summed E-state index contributed by atoms with van der Waals surface area (Å²) in [5, 5.41) is 13.3. The van der Waals surface area contributed by atoms with E-state index in [4.69, 9.17) is 0 Å². The largest absolute Gasteiger partial charge is 2.00 e. The predicted octanol–water partition coefficient (Wildman–Crippen LogP) is 2.90. The van der Waals surface area contributed by atoms with Crippen LogP contribution in [0.25, 0.3) is 0 Å². The Morgan fingerprint density at radius 2 is 0.938 bits per heavy atom. The quantitative estimate of drug-likeness (QED) is 0.121. The minimum Gasteiger partial charge on any atom is -0.850 e. The van der Waals surface area contributed by atoms with Crippen LogP contribution in [0.3, 0.4) is 0 Å². The molecule has 0 aliphatic heterocycles. The molecule has 1 aromatic carbocycles. The second-order valence-corrected chi connectivity index (χ2v) is 11.7. The fourth-order valence-corrected chi connectivity index (χ4v) is 4.99. The van der Waals surface area contributed by atoms with Gasteiger partial charge in [-0.1, -0.05) is 42.0 Å². The van der Waals surface area contributed by atoms with Crippen molar-refractivity contribution >= 4 is 7.82 Å². The number of benzene rings is 1. The van der Waals surface area contributed by atoms with Gasteiger partial charge in [-0.2, -0.15) is 0 Å². The summed E-state index contributed by atoms with van der Waals surface area (Å²) in [4.78, 5) is 42.3. The summed E-state index contributed by atoms with van der Waals surface area (Å²) >= 11 is 0. The van der Waals surface area contributed by atoms with Gasteiger partial charge in [-0.05, 0) is 80.7 Å². The van der Waals surface area contributed by atoms with Crippen molar-refractivity contribution in [3.63, 3.8) is 0 Å². The van der Waals surface area contributed by atoms with Crippen LogP contribution in [0, 0.1) is 6.92 Å². The standard InChI is InChI=1S/C27H29N6O.C7H9O4P.2Zn/c34-27(21-32(17-23-9-1-5-13-28-23)18-24-10-2-6-14-29-24)22-33(19-25-11-3-7-15-30-25)20-26-12-4-8-16-31-26;1-6-2-4-7(5-3-6)11-12(8,9)10;;/h1-16,27H,17-22H2;2-5H,1H3,(H2,8,9,10);;/q-1;;2*+2/p-2. The van der Waals surface area contributed by atoms with E-state index in [1.54, 1.807) is 36.9 Å². The van der Waals surface area contributed by atoms with Crippen molar-refractivity contribution in [2.24, 2.45) is 0 Å². The molecule has 14 heteroatoms. The summed E-state index contributed by atoms with van der Waals surface area (Å²) in [6, 6.07) is 29.6. The van der Waals surface area contributed by atoms with Crippen LogP contribution >= 0.6 is 7.82 Å². The molecule has 0 amide bonds. The first-order valence-corrected chi connectivity index (χ1v) is 16.2. The second-order valence-electron chi connectivity index (χ2n) is 10.6. The number of hydrogen-bond acceptors (Lipinski definition) is 11. The molecule has 0 fully saturated rings. The number of pyridine rings is 4. The maximum atomic E-state index is 13.3. The van der Waals surface area contributed by atoms with Crippen molar-refractivity contribution in [2.75, 3.05) is 13.1 Å². The van der Waals surface area contributed by atoms with Crippen molar-refractivity contribution < 1.29 is 62.9 Å². The van der Waals surface area contributed by atoms with Crippen LogP contribution in [0.5, 0.6) is 5.75 Å². The molecule has 0 atom stereocenters. The summed E-state index contributed by atoms with van der Waals surface area (Å²) < 4.78 is 14.2. The molecule has 0 radical (unpaired) electrons. The Balaban J connectivity index is 0.000000486. The number of aryl methyl sites for hydroxylation is 1. The molecule has 5 aromatic rings. The molecule has 0 spiro atoms. The van der Waals surface area contributed by atoms with Crippen LogP contribution in [0.15, 0.2) is 122 Å². The van der Waals surface area contributed by atoms with E-state index in [2.05, 4.69) is 34.3 Å². The summed E-state index contributed by atoms with van der Waals surface area (Å²) in [6.45, 7) is 4.99. The van der Waals surface area contributed by atoms with Crippen molar-refractivity contribution in [3.05, 3.63) is 150 Å². The molecule has 0 saturated heterocycles. The minimum absolute atomic E-state index is 0. The average Bonchev–Trinajstić information content (AvgIpc) is 3.04. The molecule has 0 saturated carbocycles. The van der Waals surface area contributed by atoms with E-state index >= 15 is 0 Å². The number of phosphoric ester groups is 1. The van der Waals surface area contributed by atoms with E-state index in [1.165, 1.54) is 12.1 Å². The maximum absolute atomic E-state index is 13.3. The molecule has 0 unspecified atom stereocenters. The SMILES string of the molecule is Cc1ccc(OP(=O)([O-])[O-])cc1.[O-]C(CN(Cc1ccccn1)Cc1ccccn1)CN(Cc1ccccn1)Cc1ccccn1.[Zn+2].[Zn+2]. The van der Waals surface area contributed by atoms with E-state index in [-0.39, 0.29) is 44.7 Å². The van der Waals surface area contributed by atoms with Gasteiger partial charge in [-0.3, -0.25) is 29.7 Å². The molecule has 0 aliphatic carbocycles. The molecule has 4 aromatic heterocycles. The average molecular weight is 770 g/mol. The monoisotopic (exact) mass is 767 g/mol. The number of aromatic nitrogens is 4. The van der Waals surface area contributed by atoms with Crippen LogP contribution in [-0.4, -0.2) is 48.9 Å². The van der Waals surface area contributed by atoms with E-state index in [9.17, 15) is 19.5 Å². The maximum Gasteiger partial charge on any atom is 2.00 e. The topological polar surface area (TPSA) is 154 Å². The number of phosphoric acid groups is 1. The first kappa shape index (κ1) is 41.1. The van der Waals surface area contributed by atoms with Crippen molar-refractivity contribution in [1.29, 1.82) is 0 Å². The van der Waals surface area contributed by atoms with E-state index < -0.39 is 13.9 Å². The smallest absolute Gasteiger partial charge is 0.850 e. The third-order valence-electron chi connectivity index (χ3n) is 6.61. The molecule has 0 N–H and O–H groups in total. The first-order chi connectivity index (χ1) is 22.2. The molecule has 11 nitrogen and oxygen atoms in total. The first-order valence-electron chi connectivity index (χ1n) is 14.7. The minimum atomic E-state index is -4.90. The van der Waals surface area contributed by atoms with Gasteiger partial charge < -0.3 is 24.0 Å². The van der Waals surface area contributed by atoms with Gasteiger partial charge in [0, 0.05) is 51.0 Å². The summed E-state index contributed by atoms with van der Waals surface area (Å²) in [5.74, 6) is 0.0499. The Morgan fingerprint density at radius 1 is 0.604 bits per heavy atom. The summed E-state index contributed by atoms with van der Waals surface area (Å²) in [5.41, 5.74) is 4.71. The van der Waals surface area contributed by atoms with Crippen molar-refractivity contribution in [1.82, 2.24) is 29.7 Å². The van der Waals surface area contributed by atoms with E-state index in [1.807, 2.05) is 79.7 Å². The van der Waals surface area contributed by atoms with Crippen LogP contribution in [0.2, 0.25) is 0 Å². The molecule has 5 rings (SSSR count). The molecule has 240 valence electrons. The zero-order valence-electron chi connectivity index (χ0n) is 27.0. The third-order valence-corrected chi connectivity index (χ3v) is 7.04. The van der Waals surface area contributed by atoms with Crippen LogP contribution < -0.4 is 19.4 Å². The van der Waals surface area contributed by atoms with Gasteiger partial charge in [0.05, 0.1) is 22.8 Å². The van der Waals surface area contributed by atoms with Gasteiger partial charge in [0.25, 0.3) is 0 Å². The van der Waals surface area contributed by atoms with Crippen LogP contribution in [-0.2, 0) is 69.7 Å². The van der Waals surface area contributed by atoms with Crippen molar-refractivity contribution in [2.45, 2.75) is 39.2 Å². The zero-order chi connectivity index (χ0) is 32.6. The normalized spacial score (nSPS) is 10.9. The Labute approximate surface area is 307 Å². The van der Waals surface area contributed by atoms with Gasteiger partial charge in [0.2, 0.25) is 0 Å². The third kappa shape index (κ3) is 16.3. The van der Waals surface area contributed by atoms with Gasteiger partial charge in [0.15, 0.2) is 0 Å². The fraction of sp³-hybridized carbons (Fsp3) is 0.235. The molecule has 0 aliphatic rings. The van der Waals surface area contributed by atoms with Gasteiger partial charge in [-0.25, -0.2) is 0 Å². The predicted molar refractivity (Wildman–Crippen MR) is 168 cm³/mol. The Morgan fingerprint density at radius 3 is 1.21 bits per heavy atom. The summed E-state index contributed by atoms with van der Waals surface area (Å²) in [7, 11) is -4.90. The van der Waals surface area contributed by atoms with Crippen LogP contribution in [0.1, 0.15) is 28.3 Å².